The summed E-state index contributed by atoms with van der Waals surface area (Å²) in [6, 6.07) is 0. The highest BCUT2D eigenvalue weighted by molar-refractivity contribution is 4.94. The molecule has 1 saturated heterocycles. The summed E-state index contributed by atoms with van der Waals surface area (Å²) in [4.78, 5) is 0. The van der Waals surface area contributed by atoms with Crippen molar-refractivity contribution in [3.63, 3.8) is 0 Å². The minimum atomic E-state index is -4.00. The largest absolute Gasteiger partial charge is 0.386 e. The maximum atomic E-state index is 12.5. The summed E-state index contributed by atoms with van der Waals surface area (Å²) in [6.07, 6.45) is -4.00. The van der Waals surface area contributed by atoms with Crippen LogP contribution in [0.15, 0.2) is 0 Å². The lowest BCUT2D eigenvalue weighted by atomic mass is 10.1. The predicted molar refractivity (Wildman–Crippen MR) is 37.0 cm³/mol. The van der Waals surface area contributed by atoms with Crippen LogP contribution in [0.25, 0.3) is 0 Å². The fraction of sp³-hybridized carbons (Fsp3) is 1.00. The average molecular weight is 224 g/mol. The first kappa shape index (κ1) is 13.5. The molecule has 0 aromatic heterocycles. The van der Waals surface area contributed by atoms with Crippen LogP contribution in [-0.4, -0.2) is 31.0 Å². The van der Waals surface area contributed by atoms with Crippen molar-refractivity contribution in [2.45, 2.75) is 31.6 Å². The molecule has 0 radical (unpaired) electrons. The van der Waals surface area contributed by atoms with Crippen LogP contribution >= 0.6 is 0 Å². The van der Waals surface area contributed by atoms with E-state index < -0.39 is 31.0 Å². The molecule has 0 amide bonds. The van der Waals surface area contributed by atoms with E-state index in [2.05, 4.69) is 4.74 Å². The van der Waals surface area contributed by atoms with Gasteiger partial charge in [-0.25, -0.2) is 13.2 Å². The topological polar surface area (TPSA) is 9.23 Å². The lowest BCUT2D eigenvalue weighted by Crippen LogP contribution is -2.39. The zero-order valence-electron chi connectivity index (χ0n) is 7.59. The molecule has 1 aliphatic rings. The second-order valence-electron chi connectivity index (χ2n) is 3.18. The van der Waals surface area contributed by atoms with Crippen molar-refractivity contribution in [1.82, 2.24) is 0 Å². The summed E-state index contributed by atoms with van der Waals surface area (Å²) in [5.41, 5.74) is -2.47. The van der Waals surface area contributed by atoms with Crippen molar-refractivity contribution in [2.75, 3.05) is 13.2 Å². The second-order valence-corrected chi connectivity index (χ2v) is 3.18. The molecule has 0 aromatic carbocycles. The van der Waals surface area contributed by atoms with Gasteiger partial charge >= 0.3 is 12.1 Å². The van der Waals surface area contributed by atoms with Crippen LogP contribution in [0.4, 0.5) is 26.3 Å². The smallest absolute Gasteiger partial charge is 0.372 e. The van der Waals surface area contributed by atoms with E-state index in [9.17, 15) is 26.3 Å². The Hall–Kier alpha value is -0.460. The number of hydrogen-bond donors (Lipinski definition) is 0. The van der Waals surface area contributed by atoms with Gasteiger partial charge in [-0.15, -0.1) is 0 Å². The van der Waals surface area contributed by atoms with Gasteiger partial charge in [-0.05, 0) is 6.92 Å². The third-order valence-electron chi connectivity index (χ3n) is 1.42. The van der Waals surface area contributed by atoms with E-state index in [1.807, 2.05) is 0 Å². The molecule has 1 fully saturated rings. The van der Waals surface area contributed by atoms with Crippen LogP contribution in [0.2, 0.25) is 0 Å². The van der Waals surface area contributed by atoms with Crippen LogP contribution in [-0.2, 0) is 4.74 Å². The Kier molecular flexibility index (Phi) is 3.83. The molecule has 7 heteroatoms. The molecular formula is C7H10F6O. The summed E-state index contributed by atoms with van der Waals surface area (Å²) >= 11 is 0. The van der Waals surface area contributed by atoms with Crippen molar-refractivity contribution >= 4 is 0 Å². The first-order valence-electron chi connectivity index (χ1n) is 3.67. The van der Waals surface area contributed by atoms with Crippen molar-refractivity contribution in [1.29, 1.82) is 0 Å². The van der Waals surface area contributed by atoms with E-state index in [0.717, 1.165) is 6.92 Å². The Morgan fingerprint density at radius 3 is 1.50 bits per heavy atom. The third-order valence-corrected chi connectivity index (χ3v) is 1.42. The highest BCUT2D eigenvalue weighted by Crippen LogP contribution is 2.37. The Labute approximate surface area is 77.0 Å². The van der Waals surface area contributed by atoms with Crippen molar-refractivity contribution < 1.29 is 31.1 Å². The lowest BCUT2D eigenvalue weighted by Gasteiger charge is -2.18. The molecule has 14 heavy (non-hydrogen) atoms. The van der Waals surface area contributed by atoms with E-state index in [-0.39, 0.29) is 6.92 Å². The zero-order chi connectivity index (χ0) is 11.6. The quantitative estimate of drug-likeness (QED) is 0.575. The fourth-order valence-corrected chi connectivity index (χ4v) is 0.627. The van der Waals surface area contributed by atoms with Crippen LogP contribution in [0.5, 0.6) is 0 Å². The van der Waals surface area contributed by atoms with Crippen molar-refractivity contribution in [2.24, 2.45) is 0 Å². The Morgan fingerprint density at radius 1 is 1.07 bits per heavy atom. The van der Waals surface area contributed by atoms with Gasteiger partial charge in [-0.1, -0.05) is 0 Å². The number of halogens is 6. The van der Waals surface area contributed by atoms with E-state index >= 15 is 0 Å². The van der Waals surface area contributed by atoms with Gasteiger partial charge in [0, 0.05) is 6.92 Å². The average Bonchev–Trinajstić information content (AvgIpc) is 2.01. The summed E-state index contributed by atoms with van der Waals surface area (Å²) in [5, 5.41) is 0. The number of ether oxygens (including phenoxy) is 1. The van der Waals surface area contributed by atoms with Crippen LogP contribution in [0, 0.1) is 0 Å². The highest BCUT2D eigenvalue weighted by Gasteiger charge is 2.56. The summed E-state index contributed by atoms with van der Waals surface area (Å²) in [5.74, 6) is -3.30. The molecule has 1 unspecified atom stereocenters. The Morgan fingerprint density at radius 2 is 1.43 bits per heavy atom. The molecule has 1 rings (SSSR count). The molecule has 0 N–H and O–H groups in total. The Bertz CT molecular complexity index is 165. The molecule has 0 spiro atoms. The van der Waals surface area contributed by atoms with Gasteiger partial charge in [0.1, 0.15) is 6.61 Å². The van der Waals surface area contributed by atoms with Gasteiger partial charge < -0.3 is 4.74 Å². The number of alkyl halides is 6. The third kappa shape index (κ3) is 4.69. The summed E-state index contributed by atoms with van der Waals surface area (Å²) in [6.45, 7) is -0.257. The van der Waals surface area contributed by atoms with Crippen molar-refractivity contribution in [3.05, 3.63) is 0 Å². The normalized spacial score (nSPS) is 30.9. The van der Waals surface area contributed by atoms with E-state index in [4.69, 9.17) is 0 Å². The first-order chi connectivity index (χ1) is 5.96. The van der Waals surface area contributed by atoms with Gasteiger partial charge in [-0.2, -0.15) is 13.2 Å². The standard InChI is InChI=1S/C5H7F3O.C2H3F3/c1-4(6)2-9-3-5(4,7)8;1-2(3,4)5/h2-3H2,1H3;1H3. The Balaban J connectivity index is 0.000000292. The fourth-order valence-electron chi connectivity index (χ4n) is 0.627. The first-order valence-corrected chi connectivity index (χ1v) is 3.67. The molecule has 1 heterocycles. The number of rotatable bonds is 0. The lowest BCUT2D eigenvalue weighted by molar-refractivity contribution is -0.110. The van der Waals surface area contributed by atoms with Crippen molar-refractivity contribution in [3.8, 4) is 0 Å². The molecule has 1 nitrogen and oxygen atoms in total. The maximum absolute atomic E-state index is 12.5. The van der Waals surface area contributed by atoms with E-state index in [0.29, 0.717) is 0 Å². The molecule has 0 bridgehead atoms. The summed E-state index contributed by atoms with van der Waals surface area (Å²) < 4.78 is 72.3. The molecule has 0 aromatic rings. The van der Waals surface area contributed by atoms with Gasteiger partial charge in [0.15, 0.2) is 5.67 Å². The predicted octanol–water partition coefficient (Wildman–Crippen LogP) is 2.95. The minimum Gasteiger partial charge on any atom is -0.372 e. The molecular weight excluding hydrogens is 214 g/mol. The van der Waals surface area contributed by atoms with Crippen LogP contribution in [0.3, 0.4) is 0 Å². The molecule has 1 atom stereocenters. The molecule has 1 aliphatic heterocycles. The maximum Gasteiger partial charge on any atom is 0.386 e. The highest BCUT2D eigenvalue weighted by atomic mass is 19.4. The van der Waals surface area contributed by atoms with Crippen LogP contribution in [0.1, 0.15) is 13.8 Å². The zero-order valence-corrected chi connectivity index (χ0v) is 7.59. The van der Waals surface area contributed by atoms with Gasteiger partial charge in [0.2, 0.25) is 0 Å². The minimum absolute atomic E-state index is 0.188. The molecule has 86 valence electrons. The van der Waals surface area contributed by atoms with Gasteiger partial charge in [0.05, 0.1) is 6.61 Å². The van der Waals surface area contributed by atoms with Crippen LogP contribution < -0.4 is 0 Å². The molecule has 0 saturated carbocycles. The monoisotopic (exact) mass is 224 g/mol. The van der Waals surface area contributed by atoms with Gasteiger partial charge in [0.25, 0.3) is 0 Å². The summed E-state index contributed by atoms with van der Waals surface area (Å²) in [7, 11) is 0. The van der Waals surface area contributed by atoms with Gasteiger partial charge in [-0.3, -0.25) is 0 Å². The second kappa shape index (κ2) is 3.96. The molecule has 0 aliphatic carbocycles. The number of hydrogen-bond acceptors (Lipinski definition) is 1. The van der Waals surface area contributed by atoms with E-state index in [1.54, 1.807) is 0 Å². The SMILES string of the molecule is CC(F)(F)F.CC1(F)COCC1(F)F. The van der Waals surface area contributed by atoms with E-state index in [1.165, 1.54) is 0 Å².